The predicted octanol–water partition coefficient (Wildman–Crippen LogP) is 10.8. The van der Waals surface area contributed by atoms with Gasteiger partial charge in [0.25, 0.3) is 6.33 Å². The van der Waals surface area contributed by atoms with Gasteiger partial charge in [-0.15, -0.1) is 0 Å². The topological polar surface area (TPSA) is 48.8 Å². The highest BCUT2D eigenvalue weighted by Crippen LogP contribution is 2.37. The molecule has 0 aliphatic heterocycles. The van der Waals surface area contributed by atoms with Crippen molar-refractivity contribution in [2.75, 3.05) is 0 Å². The molecule has 0 saturated heterocycles. The lowest BCUT2D eigenvalue weighted by atomic mass is 9.87. The zero-order valence-electron chi connectivity index (χ0n) is 32.4. The third-order valence-electron chi connectivity index (χ3n) is 9.11. The summed E-state index contributed by atoms with van der Waals surface area (Å²) in [5.74, 6) is 2.60. The SMILES string of the molecule is [2H]C([2H])(c1ccnc(-n2c3ccc(-c4ccccc4)cc3c3ccc(Oc4ccnc(-n5[c-][n+](-c6cccc(C(C)(C)C)c6)cc5)c4)cc32)c1)C(C)(C)C. The molecule has 4 heterocycles. The number of hydrogen-bond acceptors (Lipinski definition) is 3. The maximum absolute atomic E-state index is 9.00. The van der Waals surface area contributed by atoms with E-state index in [0.717, 1.165) is 38.6 Å². The molecule has 0 radical (unpaired) electrons. The van der Waals surface area contributed by atoms with Crippen LogP contribution in [0.4, 0.5) is 0 Å². The largest absolute Gasteiger partial charge is 0.458 e. The van der Waals surface area contributed by atoms with Gasteiger partial charge in [0.2, 0.25) is 0 Å². The van der Waals surface area contributed by atoms with Crippen molar-refractivity contribution in [3.63, 3.8) is 0 Å². The highest BCUT2D eigenvalue weighted by molar-refractivity contribution is 6.10. The molecule has 0 fully saturated rings. The summed E-state index contributed by atoms with van der Waals surface area (Å²) >= 11 is 0. The Morgan fingerprint density at radius 3 is 2.29 bits per heavy atom. The second-order valence-corrected chi connectivity index (χ2v) is 15.3. The molecule has 6 nitrogen and oxygen atoms in total. The predicted molar refractivity (Wildman–Crippen MR) is 210 cm³/mol. The molecule has 0 saturated carbocycles. The fourth-order valence-corrected chi connectivity index (χ4v) is 6.61. The van der Waals surface area contributed by atoms with E-state index in [9.17, 15) is 0 Å². The summed E-state index contributed by atoms with van der Waals surface area (Å²) in [6.07, 6.45) is 9.17. The molecule has 8 rings (SSSR count). The number of nitrogens with zero attached hydrogens (tertiary/aromatic N) is 5. The fourth-order valence-electron chi connectivity index (χ4n) is 6.61. The maximum atomic E-state index is 9.00. The van der Waals surface area contributed by atoms with E-state index in [2.05, 4.69) is 97.3 Å². The average molecular weight is 684 g/mol. The van der Waals surface area contributed by atoms with Gasteiger partial charge >= 0.3 is 0 Å². The van der Waals surface area contributed by atoms with E-state index < -0.39 is 11.8 Å². The molecule has 0 aliphatic carbocycles. The van der Waals surface area contributed by atoms with Gasteiger partial charge in [-0.25, -0.2) is 4.98 Å². The highest BCUT2D eigenvalue weighted by Gasteiger charge is 2.18. The second kappa shape index (κ2) is 13.0. The van der Waals surface area contributed by atoms with Crippen LogP contribution in [0.5, 0.6) is 11.5 Å². The monoisotopic (exact) mass is 683 g/mol. The second-order valence-electron chi connectivity index (χ2n) is 15.3. The Balaban J connectivity index is 1.19. The number of pyridine rings is 2. The minimum atomic E-state index is -1.58. The van der Waals surface area contributed by atoms with Gasteiger partial charge in [0.15, 0.2) is 5.82 Å². The van der Waals surface area contributed by atoms with Crippen molar-refractivity contribution < 1.29 is 12.0 Å². The molecule has 8 aromatic rings. The standard InChI is InChI=1S/C46H43N5O/c1-45(2,3)30-32-19-21-48-44(25-32)51-41-18-15-34(33-11-8-7-9-12-33)26-40(41)39-17-16-37(28-42(39)51)52-38-20-22-47-43(29-38)50-24-23-49(31-50)36-14-10-13-35(27-36)46(4,5)6/h7-29H,30H2,1-6H3/i30D2. The molecule has 0 N–H and O–H groups in total. The van der Waals surface area contributed by atoms with Crippen LogP contribution in [0, 0.1) is 11.7 Å². The number of rotatable bonds is 7. The number of ether oxygens (including phenoxy) is 1. The van der Waals surface area contributed by atoms with E-state index in [1.165, 1.54) is 5.56 Å². The molecule has 4 aromatic carbocycles. The van der Waals surface area contributed by atoms with Crippen LogP contribution in [0.3, 0.4) is 0 Å². The van der Waals surface area contributed by atoms with Gasteiger partial charge in [-0.3, -0.25) is 18.7 Å². The van der Waals surface area contributed by atoms with Crippen LogP contribution < -0.4 is 9.30 Å². The molecule has 258 valence electrons. The summed E-state index contributed by atoms with van der Waals surface area (Å²) in [4.78, 5) is 9.42. The molecular weight excluding hydrogens is 639 g/mol. The van der Waals surface area contributed by atoms with Crippen molar-refractivity contribution in [2.45, 2.75) is 53.3 Å². The van der Waals surface area contributed by atoms with E-state index in [1.54, 1.807) is 18.5 Å². The van der Waals surface area contributed by atoms with E-state index >= 15 is 0 Å². The van der Waals surface area contributed by atoms with Gasteiger partial charge in [0.1, 0.15) is 17.3 Å². The first-order valence-corrected chi connectivity index (χ1v) is 17.6. The van der Waals surface area contributed by atoms with Gasteiger partial charge in [-0.1, -0.05) is 90.1 Å². The number of hydrogen-bond donors (Lipinski definition) is 0. The zero-order valence-corrected chi connectivity index (χ0v) is 30.4. The molecule has 0 bridgehead atoms. The Hall–Kier alpha value is -6.01. The lowest BCUT2D eigenvalue weighted by molar-refractivity contribution is -0.599. The Morgan fingerprint density at radius 1 is 0.692 bits per heavy atom. The highest BCUT2D eigenvalue weighted by atomic mass is 16.5. The third-order valence-corrected chi connectivity index (χ3v) is 9.11. The molecular formula is C46H43N5O. The normalized spacial score (nSPS) is 13.0. The van der Waals surface area contributed by atoms with Crippen molar-refractivity contribution in [3.8, 4) is 39.9 Å². The van der Waals surface area contributed by atoms with E-state index in [0.29, 0.717) is 28.7 Å². The van der Waals surface area contributed by atoms with Gasteiger partial charge < -0.3 is 4.74 Å². The number of imidazole rings is 1. The van der Waals surface area contributed by atoms with Crippen molar-refractivity contribution >= 4 is 21.8 Å². The average Bonchev–Trinajstić information content (AvgIpc) is 3.78. The first-order chi connectivity index (χ1) is 25.8. The molecule has 4 aromatic heterocycles. The Kier molecular flexibility index (Phi) is 7.67. The van der Waals surface area contributed by atoms with E-state index in [-0.39, 0.29) is 5.41 Å². The van der Waals surface area contributed by atoms with Crippen molar-refractivity contribution in [3.05, 3.63) is 158 Å². The van der Waals surface area contributed by atoms with Gasteiger partial charge in [0.05, 0.1) is 16.7 Å². The van der Waals surface area contributed by atoms with Crippen molar-refractivity contribution in [1.29, 1.82) is 0 Å². The summed E-state index contributed by atoms with van der Waals surface area (Å²) in [6, 6.07) is 38.8. The first kappa shape index (κ1) is 30.8. The molecule has 6 heteroatoms. The number of fused-ring (bicyclic) bond motifs is 3. The van der Waals surface area contributed by atoms with Crippen LogP contribution in [-0.4, -0.2) is 19.1 Å². The van der Waals surface area contributed by atoms with Gasteiger partial charge in [0, 0.05) is 50.4 Å². The van der Waals surface area contributed by atoms with Gasteiger partial charge in [-0.2, -0.15) is 0 Å². The van der Waals surface area contributed by atoms with Gasteiger partial charge in [-0.05, 0) is 94.1 Å². The van der Waals surface area contributed by atoms with Crippen LogP contribution in [0.25, 0.3) is 50.3 Å². The molecule has 0 unspecified atom stereocenters. The summed E-state index contributed by atoms with van der Waals surface area (Å²) in [7, 11) is 0. The lowest BCUT2D eigenvalue weighted by Crippen LogP contribution is -2.29. The van der Waals surface area contributed by atoms with Crippen molar-refractivity contribution in [1.82, 2.24) is 19.1 Å². The van der Waals surface area contributed by atoms with Crippen LogP contribution in [-0.2, 0) is 11.8 Å². The minimum absolute atomic E-state index is 0.0391. The Morgan fingerprint density at radius 2 is 1.48 bits per heavy atom. The van der Waals surface area contributed by atoms with Crippen molar-refractivity contribution in [2.24, 2.45) is 5.41 Å². The Bertz CT molecular complexity index is 2650. The number of benzene rings is 4. The minimum Gasteiger partial charge on any atom is -0.458 e. The summed E-state index contributed by atoms with van der Waals surface area (Å²) in [5.41, 5.74) is 6.41. The molecule has 0 amide bonds. The first-order valence-electron chi connectivity index (χ1n) is 18.6. The summed E-state index contributed by atoms with van der Waals surface area (Å²) in [6.45, 7) is 12.4. The number of aromatic nitrogens is 5. The zero-order chi connectivity index (χ0) is 37.8. The van der Waals surface area contributed by atoms with E-state index in [4.69, 9.17) is 12.5 Å². The van der Waals surface area contributed by atoms with Crippen LogP contribution in [0.2, 0.25) is 0 Å². The summed E-state index contributed by atoms with van der Waals surface area (Å²) < 4.78 is 30.5. The third kappa shape index (κ3) is 6.72. The molecule has 0 atom stereocenters. The van der Waals surface area contributed by atoms with E-state index in [1.807, 2.05) is 90.8 Å². The molecule has 0 spiro atoms. The maximum Gasteiger partial charge on any atom is 0.270 e. The smallest absolute Gasteiger partial charge is 0.270 e. The molecule has 0 aliphatic rings. The van der Waals surface area contributed by atoms with Crippen LogP contribution in [0.15, 0.2) is 140 Å². The lowest BCUT2D eigenvalue weighted by Gasteiger charge is -2.19. The molecule has 52 heavy (non-hydrogen) atoms. The van der Waals surface area contributed by atoms with Crippen LogP contribution >= 0.6 is 0 Å². The Labute approximate surface area is 308 Å². The quantitative estimate of drug-likeness (QED) is 0.124. The fraction of sp³-hybridized carbons (Fsp3) is 0.196. The summed E-state index contributed by atoms with van der Waals surface area (Å²) in [5, 5.41) is 2.11. The van der Waals surface area contributed by atoms with Crippen LogP contribution in [0.1, 0.15) is 55.4 Å².